The molecule has 3 N–H and O–H groups in total. The van der Waals surface area contributed by atoms with Crippen molar-refractivity contribution in [1.29, 1.82) is 0 Å². The molecule has 106 valence electrons. The van der Waals surface area contributed by atoms with E-state index in [4.69, 9.17) is 34.8 Å². The van der Waals surface area contributed by atoms with Crippen LogP contribution in [0, 0.1) is 5.41 Å². The minimum atomic E-state index is -2.09. The highest BCUT2D eigenvalue weighted by Crippen LogP contribution is 2.41. The van der Waals surface area contributed by atoms with Crippen molar-refractivity contribution in [3.05, 3.63) is 0 Å². The molecule has 7 heteroatoms. The van der Waals surface area contributed by atoms with Crippen molar-refractivity contribution in [1.82, 2.24) is 5.32 Å². The Kier molecular flexibility index (Phi) is 4.52. The quantitative estimate of drug-likeness (QED) is 0.645. The number of carbonyl (C=O) groups excluding carboxylic acids is 1. The number of nitrogens with one attached hydrogen (secondary N) is 1. The first-order valence-electron chi connectivity index (χ1n) is 5.63. The lowest BCUT2D eigenvalue weighted by molar-refractivity contribution is -0.132. The Morgan fingerprint density at radius 3 is 2.22 bits per heavy atom. The summed E-state index contributed by atoms with van der Waals surface area (Å²) in [6, 6.07) is 0. The minimum Gasteiger partial charge on any atom is -0.390 e. The number of hydrogen-bond donors (Lipinski definition) is 3. The van der Waals surface area contributed by atoms with Gasteiger partial charge in [0.05, 0.1) is 11.6 Å². The summed E-state index contributed by atoms with van der Waals surface area (Å²) in [6.45, 7) is 5.53. The second kappa shape index (κ2) is 4.98. The Balaban J connectivity index is 2.92. The van der Waals surface area contributed by atoms with E-state index in [1.807, 2.05) is 13.8 Å². The van der Waals surface area contributed by atoms with Gasteiger partial charge in [-0.3, -0.25) is 4.79 Å². The van der Waals surface area contributed by atoms with Crippen LogP contribution in [0.2, 0.25) is 0 Å². The molecule has 18 heavy (non-hydrogen) atoms. The third kappa shape index (κ3) is 3.64. The van der Waals surface area contributed by atoms with E-state index in [0.29, 0.717) is 12.8 Å². The fourth-order valence-electron chi connectivity index (χ4n) is 2.72. The van der Waals surface area contributed by atoms with Crippen LogP contribution in [0.3, 0.4) is 0 Å². The third-order valence-corrected chi connectivity index (χ3v) is 3.80. The van der Waals surface area contributed by atoms with Crippen LogP contribution in [0.1, 0.15) is 33.6 Å². The zero-order valence-electron chi connectivity index (χ0n) is 10.5. The first kappa shape index (κ1) is 16.3. The van der Waals surface area contributed by atoms with E-state index in [1.165, 1.54) is 0 Å². The molecule has 0 radical (unpaired) electrons. The highest BCUT2D eigenvalue weighted by molar-refractivity contribution is 6.76. The number of alkyl halides is 3. The van der Waals surface area contributed by atoms with Gasteiger partial charge in [0.25, 0.3) is 9.70 Å². The average Bonchev–Trinajstić information content (AvgIpc) is 2.10. The lowest BCUT2D eigenvalue weighted by Gasteiger charge is -2.49. The summed E-state index contributed by atoms with van der Waals surface area (Å²) in [5, 5.41) is 22.4. The first-order chi connectivity index (χ1) is 7.87. The Morgan fingerprint density at radius 1 is 1.28 bits per heavy atom. The molecule has 0 heterocycles. The SMILES string of the molecule is CC1(C)C[C@H](O)[C@H](O)[C@](C)(NC(=O)C(Cl)(Cl)Cl)C1. The van der Waals surface area contributed by atoms with Gasteiger partial charge in [-0.2, -0.15) is 0 Å². The van der Waals surface area contributed by atoms with Crippen molar-refractivity contribution >= 4 is 40.7 Å². The number of rotatable bonds is 1. The molecule has 1 aliphatic rings. The summed E-state index contributed by atoms with van der Waals surface area (Å²) < 4.78 is -2.09. The van der Waals surface area contributed by atoms with Gasteiger partial charge in [0.2, 0.25) is 0 Å². The molecule has 1 fully saturated rings. The molecule has 1 saturated carbocycles. The second-order valence-corrected chi connectivity index (χ2v) is 8.21. The van der Waals surface area contributed by atoms with Crippen LogP contribution in [0.5, 0.6) is 0 Å². The Hall–Kier alpha value is 0.260. The van der Waals surface area contributed by atoms with Crippen molar-refractivity contribution in [3.8, 4) is 0 Å². The molecule has 0 aliphatic heterocycles. The summed E-state index contributed by atoms with van der Waals surface area (Å²) in [6.07, 6.45) is -1.09. The molecular formula is C11H18Cl3NO3. The molecule has 0 bridgehead atoms. The Morgan fingerprint density at radius 2 is 1.78 bits per heavy atom. The monoisotopic (exact) mass is 317 g/mol. The van der Waals surface area contributed by atoms with Gasteiger partial charge in [-0.15, -0.1) is 0 Å². The minimum absolute atomic E-state index is 0.228. The summed E-state index contributed by atoms with van der Waals surface area (Å²) in [5.74, 6) is -0.807. The molecule has 0 aromatic rings. The van der Waals surface area contributed by atoms with Gasteiger partial charge in [-0.05, 0) is 25.2 Å². The number of carbonyl (C=O) groups is 1. The molecule has 0 spiro atoms. The topological polar surface area (TPSA) is 69.6 Å². The van der Waals surface area contributed by atoms with Crippen LogP contribution in [-0.4, -0.2) is 37.7 Å². The van der Waals surface area contributed by atoms with E-state index >= 15 is 0 Å². The fourth-order valence-corrected chi connectivity index (χ4v) is 2.86. The molecule has 1 aliphatic carbocycles. The number of hydrogen-bond acceptors (Lipinski definition) is 3. The maximum atomic E-state index is 11.7. The predicted molar refractivity (Wildman–Crippen MR) is 71.9 cm³/mol. The maximum absolute atomic E-state index is 11.7. The highest BCUT2D eigenvalue weighted by Gasteiger charge is 2.50. The molecule has 4 nitrogen and oxygen atoms in total. The second-order valence-electron chi connectivity index (χ2n) is 5.93. The zero-order valence-corrected chi connectivity index (χ0v) is 12.8. The number of halogens is 3. The smallest absolute Gasteiger partial charge is 0.272 e. The first-order valence-corrected chi connectivity index (χ1v) is 6.76. The fraction of sp³-hybridized carbons (Fsp3) is 0.909. The Bertz CT molecular complexity index is 343. The van der Waals surface area contributed by atoms with Crippen LogP contribution >= 0.6 is 34.8 Å². The molecular weight excluding hydrogens is 300 g/mol. The van der Waals surface area contributed by atoms with Crippen LogP contribution in [0.25, 0.3) is 0 Å². The molecule has 0 unspecified atom stereocenters. The van der Waals surface area contributed by atoms with Gasteiger partial charge >= 0.3 is 0 Å². The maximum Gasteiger partial charge on any atom is 0.272 e. The van der Waals surface area contributed by atoms with Crippen LogP contribution < -0.4 is 5.32 Å². The molecule has 0 aromatic heterocycles. The average molecular weight is 319 g/mol. The van der Waals surface area contributed by atoms with E-state index < -0.39 is 27.4 Å². The van der Waals surface area contributed by atoms with Crippen molar-refractivity contribution in [2.24, 2.45) is 5.41 Å². The standard InChI is InChI=1S/C11H18Cl3NO3/c1-9(2)4-6(16)7(17)10(3,5-9)15-8(18)11(12,13)14/h6-7,16-17H,4-5H2,1-3H3,(H,15,18)/t6-,7-,10+/m0/s1. The van der Waals surface area contributed by atoms with Gasteiger partial charge in [-0.25, -0.2) is 0 Å². The number of aliphatic hydroxyl groups excluding tert-OH is 2. The molecule has 1 rings (SSSR count). The Labute approximate surface area is 122 Å². The van der Waals surface area contributed by atoms with Crippen LogP contribution in [0.15, 0.2) is 0 Å². The van der Waals surface area contributed by atoms with E-state index in [9.17, 15) is 15.0 Å². The summed E-state index contributed by atoms with van der Waals surface area (Å²) >= 11 is 16.5. The predicted octanol–water partition coefficient (Wildman–Crippen LogP) is 1.77. The van der Waals surface area contributed by atoms with E-state index in [2.05, 4.69) is 5.32 Å². The molecule has 0 aromatic carbocycles. The van der Waals surface area contributed by atoms with Gasteiger partial charge in [0, 0.05) is 0 Å². The lowest BCUT2D eigenvalue weighted by atomic mass is 9.66. The number of amides is 1. The van der Waals surface area contributed by atoms with Crippen LogP contribution in [0.4, 0.5) is 0 Å². The van der Waals surface area contributed by atoms with Gasteiger partial charge in [-0.1, -0.05) is 48.7 Å². The van der Waals surface area contributed by atoms with Crippen molar-refractivity contribution < 1.29 is 15.0 Å². The van der Waals surface area contributed by atoms with Crippen molar-refractivity contribution in [3.63, 3.8) is 0 Å². The summed E-state index contributed by atoms with van der Waals surface area (Å²) in [4.78, 5) is 11.7. The zero-order chi connectivity index (χ0) is 14.4. The summed E-state index contributed by atoms with van der Waals surface area (Å²) in [5.41, 5.74) is -1.25. The van der Waals surface area contributed by atoms with E-state index in [-0.39, 0.29) is 5.41 Å². The van der Waals surface area contributed by atoms with Gasteiger partial charge in [0.1, 0.15) is 6.10 Å². The molecule has 0 saturated heterocycles. The lowest BCUT2D eigenvalue weighted by Crippen LogP contribution is -2.65. The number of aliphatic hydroxyl groups is 2. The van der Waals surface area contributed by atoms with Gasteiger partial charge < -0.3 is 15.5 Å². The van der Waals surface area contributed by atoms with E-state index in [0.717, 1.165) is 0 Å². The van der Waals surface area contributed by atoms with E-state index in [1.54, 1.807) is 6.92 Å². The highest BCUT2D eigenvalue weighted by atomic mass is 35.6. The largest absolute Gasteiger partial charge is 0.390 e. The molecule has 3 atom stereocenters. The third-order valence-electron chi connectivity index (χ3n) is 3.28. The summed E-state index contributed by atoms with van der Waals surface area (Å²) in [7, 11) is 0. The van der Waals surface area contributed by atoms with Crippen LogP contribution in [-0.2, 0) is 4.79 Å². The molecule has 1 amide bonds. The normalized spacial score (nSPS) is 36.2. The van der Waals surface area contributed by atoms with Crippen molar-refractivity contribution in [2.45, 2.75) is 55.2 Å². The van der Waals surface area contributed by atoms with Crippen molar-refractivity contribution in [2.75, 3.05) is 0 Å². The van der Waals surface area contributed by atoms with Gasteiger partial charge in [0.15, 0.2) is 0 Å².